The Labute approximate surface area is 171 Å². The molecule has 2 aliphatic carbocycles. The number of fused-ring (bicyclic) bond motifs is 2. The summed E-state index contributed by atoms with van der Waals surface area (Å²) in [5, 5.41) is 9.08. The van der Waals surface area contributed by atoms with E-state index in [9.17, 15) is 9.59 Å². The van der Waals surface area contributed by atoms with Gasteiger partial charge in [0.15, 0.2) is 5.75 Å². The molecule has 5 rings (SSSR count). The molecular formula is C22H22FN3O4. The normalized spacial score (nSPS) is 25.0. The van der Waals surface area contributed by atoms with Crippen molar-refractivity contribution in [3.63, 3.8) is 0 Å². The molecule has 2 unspecified atom stereocenters. The number of ether oxygens (including phenoxy) is 1. The molecule has 3 aliphatic rings. The molecule has 0 bridgehead atoms. The van der Waals surface area contributed by atoms with Gasteiger partial charge in [0.1, 0.15) is 5.82 Å². The van der Waals surface area contributed by atoms with E-state index in [1.807, 2.05) is 33.8 Å². The second kappa shape index (κ2) is 6.43. The van der Waals surface area contributed by atoms with Crippen molar-refractivity contribution >= 4 is 22.7 Å². The smallest absolute Gasteiger partial charge is 0.449 e. The fourth-order valence-corrected chi connectivity index (χ4v) is 4.78. The second-order valence-electron chi connectivity index (χ2n) is 8.40. The van der Waals surface area contributed by atoms with Crippen molar-refractivity contribution in [3.8, 4) is 5.75 Å². The average molecular weight is 411 g/mol. The molecule has 0 radical (unpaired) electrons. The van der Waals surface area contributed by atoms with E-state index in [2.05, 4.69) is 4.74 Å². The van der Waals surface area contributed by atoms with Crippen LogP contribution in [0.1, 0.15) is 24.4 Å². The number of rotatable bonds is 3. The van der Waals surface area contributed by atoms with Gasteiger partial charge in [-0.25, -0.2) is 9.18 Å². The van der Waals surface area contributed by atoms with Gasteiger partial charge in [0, 0.05) is 25.0 Å². The Morgan fingerprint density at radius 1 is 1.37 bits per heavy atom. The Hall–Kier alpha value is -3.13. The summed E-state index contributed by atoms with van der Waals surface area (Å²) in [6, 6.07) is 1.33. The third-order valence-electron chi connectivity index (χ3n) is 6.33. The van der Waals surface area contributed by atoms with E-state index in [4.69, 9.17) is 10.8 Å². The van der Waals surface area contributed by atoms with Crippen LogP contribution in [0.5, 0.6) is 5.75 Å². The zero-order chi connectivity index (χ0) is 21.2. The first-order valence-electron chi connectivity index (χ1n) is 9.97. The van der Waals surface area contributed by atoms with Crippen molar-refractivity contribution in [2.24, 2.45) is 11.7 Å². The minimum atomic E-state index is -1.57. The molecule has 30 heavy (non-hydrogen) atoms. The van der Waals surface area contributed by atoms with Crippen molar-refractivity contribution in [2.45, 2.75) is 31.3 Å². The SMILES string of the molecule is Cc1c(N2CC3C=CC=CC3(N)C2)c(F)cc2c(=O)c(OC(=O)O)cn(C3CC3)c12. The van der Waals surface area contributed by atoms with Crippen molar-refractivity contribution in [1.82, 2.24) is 4.57 Å². The molecular weight excluding hydrogens is 389 g/mol. The Kier molecular flexibility index (Phi) is 4.05. The first kappa shape index (κ1) is 18.9. The molecule has 1 aliphatic heterocycles. The van der Waals surface area contributed by atoms with Gasteiger partial charge in [0.25, 0.3) is 0 Å². The summed E-state index contributed by atoms with van der Waals surface area (Å²) < 4.78 is 21.9. The van der Waals surface area contributed by atoms with Crippen LogP contribution in [0.2, 0.25) is 0 Å². The summed E-state index contributed by atoms with van der Waals surface area (Å²) in [5.41, 5.74) is 7.06. The zero-order valence-corrected chi connectivity index (χ0v) is 16.5. The molecule has 0 spiro atoms. The summed E-state index contributed by atoms with van der Waals surface area (Å²) in [6.07, 6.45) is 9.55. The first-order valence-corrected chi connectivity index (χ1v) is 9.97. The lowest BCUT2D eigenvalue weighted by Crippen LogP contribution is -2.46. The third-order valence-corrected chi connectivity index (χ3v) is 6.33. The molecule has 0 amide bonds. The topological polar surface area (TPSA) is 97.8 Å². The molecule has 1 saturated heterocycles. The predicted octanol–water partition coefficient (Wildman–Crippen LogP) is 3.10. The van der Waals surface area contributed by atoms with Gasteiger partial charge in [-0.05, 0) is 31.4 Å². The highest BCUT2D eigenvalue weighted by molar-refractivity contribution is 5.89. The first-order chi connectivity index (χ1) is 14.3. The minimum absolute atomic E-state index is 0.0777. The highest BCUT2D eigenvalue weighted by Crippen LogP contribution is 2.42. The maximum atomic E-state index is 15.3. The average Bonchev–Trinajstić information content (AvgIpc) is 3.45. The van der Waals surface area contributed by atoms with E-state index >= 15 is 4.39 Å². The highest BCUT2D eigenvalue weighted by atomic mass is 19.1. The van der Waals surface area contributed by atoms with Crippen LogP contribution in [0, 0.1) is 18.7 Å². The summed E-state index contributed by atoms with van der Waals surface area (Å²) in [4.78, 5) is 25.8. The monoisotopic (exact) mass is 411 g/mol. The molecule has 156 valence electrons. The van der Waals surface area contributed by atoms with Gasteiger partial charge in [0.2, 0.25) is 5.43 Å². The minimum Gasteiger partial charge on any atom is -0.449 e. The van der Waals surface area contributed by atoms with Gasteiger partial charge in [-0.2, -0.15) is 0 Å². The van der Waals surface area contributed by atoms with E-state index in [0.29, 0.717) is 29.9 Å². The van der Waals surface area contributed by atoms with E-state index in [1.165, 1.54) is 12.3 Å². The van der Waals surface area contributed by atoms with Crippen LogP contribution in [0.25, 0.3) is 10.9 Å². The Morgan fingerprint density at radius 3 is 2.80 bits per heavy atom. The number of hydrogen-bond donors (Lipinski definition) is 2. The summed E-state index contributed by atoms with van der Waals surface area (Å²) in [7, 11) is 0. The van der Waals surface area contributed by atoms with Gasteiger partial charge in [-0.3, -0.25) is 4.79 Å². The Bertz CT molecular complexity index is 1200. The summed E-state index contributed by atoms with van der Waals surface area (Å²) in [6.45, 7) is 2.84. The number of anilines is 1. The number of aromatic nitrogens is 1. The molecule has 2 aromatic rings. The lowest BCUT2D eigenvalue weighted by molar-refractivity contribution is 0.143. The standard InChI is InChI=1S/C22H22FN3O4/c1-12-18-15(20(27)17(30-21(28)29)10-26(18)14-5-6-14)8-16(23)19(12)25-9-13-4-2-3-7-22(13,24)11-25/h2-4,7-8,10,13-14H,5-6,9,11,24H2,1H3,(H,28,29). The molecule has 1 aromatic heterocycles. The van der Waals surface area contributed by atoms with E-state index in [-0.39, 0.29) is 23.1 Å². The number of nitrogens with two attached hydrogens (primary N) is 1. The van der Waals surface area contributed by atoms with Crippen LogP contribution in [-0.2, 0) is 0 Å². The van der Waals surface area contributed by atoms with Crippen molar-refractivity contribution in [1.29, 1.82) is 0 Å². The zero-order valence-electron chi connectivity index (χ0n) is 16.5. The maximum Gasteiger partial charge on any atom is 0.511 e. The van der Waals surface area contributed by atoms with Crippen LogP contribution in [0.3, 0.4) is 0 Å². The lowest BCUT2D eigenvalue weighted by atomic mass is 9.85. The predicted molar refractivity (Wildman–Crippen MR) is 111 cm³/mol. The quantitative estimate of drug-likeness (QED) is 0.754. The number of carboxylic acid groups (broad SMARTS) is 1. The number of nitrogens with zero attached hydrogens (tertiary/aromatic N) is 2. The van der Waals surface area contributed by atoms with Crippen LogP contribution < -0.4 is 20.8 Å². The molecule has 8 heteroatoms. The van der Waals surface area contributed by atoms with Crippen LogP contribution in [0.4, 0.5) is 14.9 Å². The number of pyridine rings is 1. The second-order valence-corrected chi connectivity index (χ2v) is 8.40. The number of carbonyl (C=O) groups is 1. The van der Waals surface area contributed by atoms with Gasteiger partial charge in [-0.15, -0.1) is 0 Å². The van der Waals surface area contributed by atoms with E-state index in [1.54, 1.807) is 6.92 Å². The van der Waals surface area contributed by atoms with Crippen molar-refractivity contribution in [3.05, 3.63) is 58.2 Å². The van der Waals surface area contributed by atoms with Crippen LogP contribution in [0.15, 0.2) is 41.4 Å². The number of aryl methyl sites for hydroxylation is 1. The molecule has 1 saturated carbocycles. The lowest BCUT2D eigenvalue weighted by Gasteiger charge is -2.27. The summed E-state index contributed by atoms with van der Waals surface area (Å²) in [5.74, 6) is -0.757. The van der Waals surface area contributed by atoms with Crippen LogP contribution >= 0.6 is 0 Å². The number of benzene rings is 1. The number of halogens is 1. The third kappa shape index (κ3) is 2.82. The van der Waals surface area contributed by atoms with Gasteiger partial charge >= 0.3 is 6.16 Å². The largest absolute Gasteiger partial charge is 0.511 e. The Morgan fingerprint density at radius 2 is 2.13 bits per heavy atom. The maximum absolute atomic E-state index is 15.3. The van der Waals surface area contributed by atoms with Crippen LogP contribution in [-0.4, -0.2) is 34.5 Å². The van der Waals surface area contributed by atoms with Crippen molar-refractivity contribution in [2.75, 3.05) is 18.0 Å². The van der Waals surface area contributed by atoms with E-state index in [0.717, 1.165) is 12.8 Å². The van der Waals surface area contributed by atoms with Gasteiger partial charge in [0.05, 0.1) is 28.3 Å². The van der Waals surface area contributed by atoms with Gasteiger partial charge < -0.3 is 25.0 Å². The molecule has 1 aromatic carbocycles. The molecule has 7 nitrogen and oxygen atoms in total. The molecule has 2 atom stereocenters. The highest BCUT2D eigenvalue weighted by Gasteiger charge is 2.42. The fraction of sp³-hybridized carbons (Fsp3) is 0.364. The van der Waals surface area contributed by atoms with E-state index < -0.39 is 22.9 Å². The molecule has 2 fully saturated rings. The van der Waals surface area contributed by atoms with Crippen molar-refractivity contribution < 1.29 is 19.0 Å². The van der Waals surface area contributed by atoms with Gasteiger partial charge in [-0.1, -0.05) is 24.3 Å². The summed E-state index contributed by atoms with van der Waals surface area (Å²) >= 11 is 0. The molecule has 2 heterocycles. The Balaban J connectivity index is 1.69. The molecule has 3 N–H and O–H groups in total. The number of allylic oxidation sites excluding steroid dienone is 2. The number of hydrogen-bond acceptors (Lipinski definition) is 5. The fourth-order valence-electron chi connectivity index (χ4n) is 4.78.